The Kier molecular flexibility index (Phi) is 9.14. The van der Waals surface area contributed by atoms with Gasteiger partial charge in [-0.15, -0.1) is 0 Å². The summed E-state index contributed by atoms with van der Waals surface area (Å²) in [5.41, 5.74) is 1.12. The molecule has 1 aromatic rings. The molecule has 0 fully saturated rings. The molecule has 0 unspecified atom stereocenters. The number of phenolic OH excluding ortho intramolecular Hbond substituents is 1. The highest BCUT2D eigenvalue weighted by atomic mass is 32.1. The van der Waals surface area contributed by atoms with Crippen molar-refractivity contribution < 1.29 is 14.6 Å². The van der Waals surface area contributed by atoms with Gasteiger partial charge in [-0.2, -0.15) is 0 Å². The zero-order chi connectivity index (χ0) is 15.5. The Morgan fingerprint density at radius 3 is 2.45 bits per heavy atom. The smallest absolute Gasteiger partial charge is 0.163 e. The number of nitriles is 1. The van der Waals surface area contributed by atoms with Gasteiger partial charge in [-0.05, 0) is 31.9 Å². The lowest BCUT2D eigenvalue weighted by Gasteiger charge is -2.14. The number of rotatable bonds is 6. The van der Waals surface area contributed by atoms with Crippen molar-refractivity contribution in [3.63, 3.8) is 0 Å². The Balaban J connectivity index is 0.00000110. The van der Waals surface area contributed by atoms with Crippen molar-refractivity contribution in [3.05, 3.63) is 23.3 Å². The van der Waals surface area contributed by atoms with Gasteiger partial charge in [-0.3, -0.25) is 4.79 Å². The monoisotopic (exact) mass is 294 g/mol. The maximum atomic E-state index is 11.3. The largest absolute Gasteiger partial charge is 0.696 e. The Morgan fingerprint density at radius 1 is 1.40 bits per heavy atom. The number of aromatic hydroxyl groups is 1. The average Bonchev–Trinajstić information content (AvgIpc) is 2.40. The standard InChI is InChI=1S/C14H20O3.CHNS/c1-4-6-12-13(17-9-5-2)8-7-11(10(3)15)14(12)16;2-1-3/h7-8,16H,4-6,9H2,1-3H3;3H/p-1. The summed E-state index contributed by atoms with van der Waals surface area (Å²) in [6.07, 6.45) is 2.53. The second kappa shape index (κ2) is 10.0. The van der Waals surface area contributed by atoms with Crippen LogP contribution in [0.3, 0.4) is 0 Å². The maximum absolute atomic E-state index is 11.3. The van der Waals surface area contributed by atoms with Gasteiger partial charge in [0.1, 0.15) is 11.5 Å². The second-order valence-corrected chi connectivity index (χ2v) is 4.37. The Labute approximate surface area is 125 Å². The minimum Gasteiger partial charge on any atom is -0.696 e. The zero-order valence-corrected chi connectivity index (χ0v) is 12.9. The van der Waals surface area contributed by atoms with Gasteiger partial charge in [0.05, 0.1) is 12.2 Å². The molecule has 0 aromatic heterocycles. The molecule has 0 aliphatic carbocycles. The summed E-state index contributed by atoms with van der Waals surface area (Å²) in [5.74, 6) is 0.644. The van der Waals surface area contributed by atoms with E-state index in [-0.39, 0.29) is 11.5 Å². The van der Waals surface area contributed by atoms with Gasteiger partial charge >= 0.3 is 0 Å². The molecule has 5 heteroatoms. The van der Waals surface area contributed by atoms with Gasteiger partial charge in [0.15, 0.2) is 5.78 Å². The number of ether oxygens (including phenoxy) is 1. The first-order valence-electron chi connectivity index (χ1n) is 6.53. The second-order valence-electron chi connectivity index (χ2n) is 4.18. The third kappa shape index (κ3) is 5.45. The van der Waals surface area contributed by atoms with Crippen LogP contribution >= 0.6 is 0 Å². The lowest BCUT2D eigenvalue weighted by molar-refractivity contribution is 0.101. The first kappa shape index (κ1) is 18.2. The normalized spacial score (nSPS) is 9.10. The molecule has 4 nitrogen and oxygen atoms in total. The van der Waals surface area contributed by atoms with Crippen LogP contribution < -0.4 is 4.74 Å². The lowest BCUT2D eigenvalue weighted by atomic mass is 10.0. The Hall–Kier alpha value is -1.80. The maximum Gasteiger partial charge on any atom is 0.163 e. The zero-order valence-electron chi connectivity index (χ0n) is 12.1. The fraction of sp³-hybridized carbons (Fsp3) is 0.467. The van der Waals surface area contributed by atoms with E-state index < -0.39 is 0 Å². The minimum atomic E-state index is -0.123. The van der Waals surface area contributed by atoms with E-state index in [2.05, 4.69) is 12.6 Å². The molecule has 0 amide bonds. The fourth-order valence-corrected chi connectivity index (χ4v) is 1.74. The quantitative estimate of drug-likeness (QED) is 0.495. The molecule has 0 aliphatic rings. The van der Waals surface area contributed by atoms with E-state index in [4.69, 9.17) is 10.00 Å². The van der Waals surface area contributed by atoms with Crippen molar-refractivity contribution >= 4 is 18.4 Å². The molecule has 1 N–H and O–H groups in total. The molecule has 20 heavy (non-hydrogen) atoms. The molecule has 0 saturated carbocycles. The molecule has 0 aliphatic heterocycles. The third-order valence-electron chi connectivity index (χ3n) is 2.58. The molecule has 0 atom stereocenters. The van der Waals surface area contributed by atoms with Crippen molar-refractivity contribution in [3.8, 4) is 16.9 Å². The number of Topliss-reactive ketones (excluding diaryl/α,β-unsaturated/α-hetero) is 1. The molecular weight excluding hydrogens is 274 g/mol. The Morgan fingerprint density at radius 2 is 2.00 bits per heavy atom. The number of hydrogen-bond acceptors (Lipinski definition) is 5. The van der Waals surface area contributed by atoms with E-state index in [1.807, 2.05) is 13.8 Å². The number of phenols is 1. The highest BCUT2D eigenvalue weighted by molar-refractivity contribution is 7.64. The predicted octanol–water partition coefficient (Wildman–Crippen LogP) is 3.35. The average molecular weight is 294 g/mol. The number of carbonyl (C=O) groups excluding carboxylic acids is 1. The van der Waals surface area contributed by atoms with E-state index in [1.54, 1.807) is 12.1 Å². The van der Waals surface area contributed by atoms with Crippen LogP contribution in [0.4, 0.5) is 0 Å². The number of benzene rings is 1. The SMILES string of the molecule is CCCOc1ccc(C(C)=O)c(O)c1CCC.N#C[S-]. The van der Waals surface area contributed by atoms with E-state index in [1.165, 1.54) is 12.3 Å². The van der Waals surface area contributed by atoms with E-state index in [9.17, 15) is 9.90 Å². The number of ketones is 1. The highest BCUT2D eigenvalue weighted by Crippen LogP contribution is 2.32. The summed E-state index contributed by atoms with van der Waals surface area (Å²) in [4.78, 5) is 11.3. The lowest BCUT2D eigenvalue weighted by Crippen LogP contribution is -2.02. The summed E-state index contributed by atoms with van der Waals surface area (Å²) < 4.78 is 5.58. The van der Waals surface area contributed by atoms with E-state index in [0.717, 1.165) is 18.4 Å². The molecule has 1 aromatic carbocycles. The summed E-state index contributed by atoms with van der Waals surface area (Å²) in [6, 6.07) is 3.40. The number of carbonyl (C=O) groups is 1. The molecule has 110 valence electrons. The van der Waals surface area contributed by atoms with Crippen LogP contribution in [0.25, 0.3) is 0 Å². The first-order valence-corrected chi connectivity index (χ1v) is 6.93. The Bertz CT molecular complexity index is 481. The summed E-state index contributed by atoms with van der Waals surface area (Å²) in [7, 11) is 0. The minimum absolute atomic E-state index is 0.0768. The van der Waals surface area contributed by atoms with Crippen molar-refractivity contribution in [2.24, 2.45) is 0 Å². The van der Waals surface area contributed by atoms with Crippen LogP contribution in [0.2, 0.25) is 0 Å². The highest BCUT2D eigenvalue weighted by Gasteiger charge is 2.15. The van der Waals surface area contributed by atoms with Gasteiger partial charge in [0.2, 0.25) is 0 Å². The van der Waals surface area contributed by atoms with Crippen LogP contribution in [-0.4, -0.2) is 17.5 Å². The van der Waals surface area contributed by atoms with Gasteiger partial charge in [0.25, 0.3) is 0 Å². The van der Waals surface area contributed by atoms with Crippen LogP contribution in [0.1, 0.15) is 49.5 Å². The van der Waals surface area contributed by atoms with E-state index in [0.29, 0.717) is 24.3 Å². The predicted molar refractivity (Wildman–Crippen MR) is 80.9 cm³/mol. The molecule has 1 rings (SSSR count). The van der Waals surface area contributed by atoms with Gasteiger partial charge in [0, 0.05) is 5.56 Å². The molecule has 0 bridgehead atoms. The summed E-state index contributed by atoms with van der Waals surface area (Å²) in [5, 5.41) is 18.5. The van der Waals surface area contributed by atoms with Crippen molar-refractivity contribution in [1.82, 2.24) is 0 Å². The first-order chi connectivity index (χ1) is 9.53. The van der Waals surface area contributed by atoms with Crippen LogP contribution in [0.5, 0.6) is 11.5 Å². The van der Waals surface area contributed by atoms with Crippen molar-refractivity contribution in [2.45, 2.75) is 40.0 Å². The fourth-order valence-electron chi connectivity index (χ4n) is 1.74. The number of thiocyanates is 1. The third-order valence-corrected chi connectivity index (χ3v) is 2.58. The van der Waals surface area contributed by atoms with E-state index >= 15 is 0 Å². The van der Waals surface area contributed by atoms with Gasteiger partial charge in [-0.1, -0.05) is 25.7 Å². The number of nitrogens with zero attached hydrogens (tertiary/aromatic N) is 1. The van der Waals surface area contributed by atoms with Crippen LogP contribution in [0.15, 0.2) is 12.1 Å². The van der Waals surface area contributed by atoms with Crippen molar-refractivity contribution in [2.75, 3.05) is 6.61 Å². The van der Waals surface area contributed by atoms with Crippen molar-refractivity contribution in [1.29, 1.82) is 5.26 Å². The number of hydrogen-bond donors (Lipinski definition) is 1. The topological polar surface area (TPSA) is 70.3 Å². The molecule has 0 spiro atoms. The van der Waals surface area contributed by atoms with Crippen LogP contribution in [-0.2, 0) is 19.0 Å². The molecule has 0 saturated heterocycles. The summed E-state index contributed by atoms with van der Waals surface area (Å²) >= 11 is 3.70. The van der Waals surface area contributed by atoms with Gasteiger partial charge < -0.3 is 22.5 Å². The van der Waals surface area contributed by atoms with Gasteiger partial charge in [-0.25, -0.2) is 5.26 Å². The molecule has 0 radical (unpaired) electrons. The van der Waals surface area contributed by atoms with Crippen LogP contribution in [0, 0.1) is 10.7 Å². The summed E-state index contributed by atoms with van der Waals surface area (Å²) in [6.45, 7) is 6.14. The molecular formula is C15H20NO3S-. The molecule has 0 heterocycles.